The molecule has 0 aliphatic carbocycles. The van der Waals surface area contributed by atoms with E-state index >= 15 is 0 Å². The van der Waals surface area contributed by atoms with Crippen LogP contribution < -0.4 is 0 Å². The van der Waals surface area contributed by atoms with Gasteiger partial charge in [0.15, 0.2) is 5.89 Å². The third kappa shape index (κ3) is 2.01. The van der Waals surface area contributed by atoms with Crippen LogP contribution in [0.2, 0.25) is 0 Å². The van der Waals surface area contributed by atoms with Gasteiger partial charge in [-0.2, -0.15) is 0 Å². The van der Waals surface area contributed by atoms with Crippen molar-refractivity contribution in [1.82, 2.24) is 9.88 Å². The summed E-state index contributed by atoms with van der Waals surface area (Å²) < 4.78 is 6.20. The molecule has 0 N–H and O–H groups in total. The molecular weight excluding hydrogens is 244 g/mol. The molecule has 1 aromatic rings. The normalized spacial score (nSPS) is 29.4. The zero-order valence-electron chi connectivity index (χ0n) is 8.53. The Morgan fingerprint density at radius 2 is 2.36 bits per heavy atom. The fourth-order valence-corrected chi connectivity index (χ4v) is 2.21. The van der Waals surface area contributed by atoms with Crippen LogP contribution in [-0.2, 0) is 0 Å². The fourth-order valence-electron chi connectivity index (χ4n) is 1.94. The minimum Gasteiger partial charge on any atom is -0.447 e. The summed E-state index contributed by atoms with van der Waals surface area (Å²) in [6.07, 6.45) is 4.06. The van der Waals surface area contributed by atoms with E-state index < -0.39 is 0 Å². The van der Waals surface area contributed by atoms with E-state index in [2.05, 4.69) is 39.8 Å². The van der Waals surface area contributed by atoms with Gasteiger partial charge in [0.1, 0.15) is 10.9 Å². The molecule has 0 bridgehead atoms. The van der Waals surface area contributed by atoms with Gasteiger partial charge < -0.3 is 9.32 Å². The van der Waals surface area contributed by atoms with Crippen molar-refractivity contribution in [3.63, 3.8) is 0 Å². The molecule has 1 fully saturated rings. The van der Waals surface area contributed by atoms with E-state index in [9.17, 15) is 0 Å². The lowest BCUT2D eigenvalue weighted by Gasteiger charge is -2.33. The lowest BCUT2D eigenvalue weighted by molar-refractivity contribution is 0.168. The first-order valence-corrected chi connectivity index (χ1v) is 5.77. The fraction of sp³-hybridized carbons (Fsp3) is 0.700. The maximum atomic E-state index is 5.40. The Labute approximate surface area is 92.6 Å². The number of hydrogen-bond donors (Lipinski definition) is 0. The number of likely N-dealkylation sites (tertiary alicyclic amines) is 1. The molecule has 0 saturated carbocycles. The molecular formula is C10H15BrN2O. The van der Waals surface area contributed by atoms with Crippen LogP contribution >= 0.6 is 15.9 Å². The molecule has 4 heteroatoms. The molecule has 1 aromatic heterocycles. The van der Waals surface area contributed by atoms with Gasteiger partial charge in [0.25, 0.3) is 0 Å². The molecule has 2 atom stereocenters. The summed E-state index contributed by atoms with van der Waals surface area (Å²) in [7, 11) is 2.16. The monoisotopic (exact) mass is 258 g/mol. The maximum Gasteiger partial charge on any atom is 0.199 e. The predicted molar refractivity (Wildman–Crippen MR) is 58.3 cm³/mol. The third-order valence-corrected chi connectivity index (χ3v) is 3.40. The van der Waals surface area contributed by atoms with E-state index in [-0.39, 0.29) is 0 Å². The van der Waals surface area contributed by atoms with E-state index in [4.69, 9.17) is 4.42 Å². The Hall–Kier alpha value is -0.350. The Kier molecular flexibility index (Phi) is 2.93. The molecule has 1 saturated heterocycles. The van der Waals surface area contributed by atoms with Crippen LogP contribution in [0.5, 0.6) is 0 Å². The summed E-state index contributed by atoms with van der Waals surface area (Å²) in [6.45, 7) is 3.32. The Morgan fingerprint density at radius 3 is 2.93 bits per heavy atom. The van der Waals surface area contributed by atoms with E-state index in [1.807, 2.05) is 0 Å². The van der Waals surface area contributed by atoms with Gasteiger partial charge in [0, 0.05) is 18.5 Å². The van der Waals surface area contributed by atoms with E-state index in [1.54, 1.807) is 6.26 Å². The minimum absolute atomic E-state index is 0.461. The smallest absolute Gasteiger partial charge is 0.199 e. The van der Waals surface area contributed by atoms with Crippen molar-refractivity contribution < 1.29 is 4.42 Å². The second kappa shape index (κ2) is 4.03. The van der Waals surface area contributed by atoms with Crippen LogP contribution in [0.1, 0.15) is 31.6 Å². The van der Waals surface area contributed by atoms with Crippen LogP contribution in [-0.4, -0.2) is 29.5 Å². The molecule has 1 aliphatic rings. The number of nitrogens with zero attached hydrogens (tertiary/aromatic N) is 2. The number of oxazole rings is 1. The number of aromatic nitrogens is 1. The van der Waals surface area contributed by atoms with Gasteiger partial charge in [-0.1, -0.05) is 0 Å². The second-order valence-corrected chi connectivity index (χ2v) is 4.88. The lowest BCUT2D eigenvalue weighted by atomic mass is 9.94. The average Bonchev–Trinajstić information content (AvgIpc) is 2.57. The Balaban J connectivity index is 2.06. The summed E-state index contributed by atoms with van der Waals surface area (Å²) in [4.78, 5) is 6.68. The highest BCUT2D eigenvalue weighted by Crippen LogP contribution is 2.29. The van der Waals surface area contributed by atoms with Crippen molar-refractivity contribution in [2.75, 3.05) is 13.6 Å². The van der Waals surface area contributed by atoms with Crippen molar-refractivity contribution >= 4 is 15.9 Å². The first-order valence-electron chi connectivity index (χ1n) is 4.98. The van der Waals surface area contributed by atoms with Crippen LogP contribution in [0.15, 0.2) is 15.3 Å². The summed E-state index contributed by atoms with van der Waals surface area (Å²) in [5.41, 5.74) is 0. The molecule has 0 spiro atoms. The van der Waals surface area contributed by atoms with Gasteiger partial charge in [-0.15, -0.1) is 0 Å². The summed E-state index contributed by atoms with van der Waals surface area (Å²) in [5, 5.41) is 0. The SMILES string of the molecule is C[C@@H]1CCC(c2nc(Br)co2)CN1C. The van der Waals surface area contributed by atoms with Crippen LogP contribution in [0.25, 0.3) is 0 Å². The van der Waals surface area contributed by atoms with Gasteiger partial charge in [-0.25, -0.2) is 4.98 Å². The third-order valence-electron chi connectivity index (χ3n) is 3.04. The quantitative estimate of drug-likeness (QED) is 0.776. The topological polar surface area (TPSA) is 29.3 Å². The number of halogens is 1. The number of piperidine rings is 1. The molecule has 1 aliphatic heterocycles. The number of likely N-dealkylation sites (N-methyl/N-ethyl adjacent to an activating group) is 1. The number of hydrogen-bond acceptors (Lipinski definition) is 3. The molecule has 0 aromatic carbocycles. The van der Waals surface area contributed by atoms with Gasteiger partial charge >= 0.3 is 0 Å². The van der Waals surface area contributed by atoms with Crippen LogP contribution in [0.4, 0.5) is 0 Å². The standard InChI is InChI=1S/C10H15BrN2O/c1-7-3-4-8(5-13(7)2)10-12-9(11)6-14-10/h6-8H,3-5H2,1-2H3/t7-,8?/m1/s1. The van der Waals surface area contributed by atoms with Crippen LogP contribution in [0.3, 0.4) is 0 Å². The van der Waals surface area contributed by atoms with E-state index in [0.29, 0.717) is 12.0 Å². The van der Waals surface area contributed by atoms with Gasteiger partial charge in [0.2, 0.25) is 0 Å². The van der Waals surface area contributed by atoms with E-state index in [1.165, 1.54) is 12.8 Å². The second-order valence-electron chi connectivity index (χ2n) is 4.07. The highest BCUT2D eigenvalue weighted by atomic mass is 79.9. The molecule has 0 amide bonds. The van der Waals surface area contributed by atoms with Gasteiger partial charge in [-0.3, -0.25) is 0 Å². The molecule has 0 radical (unpaired) electrons. The first-order chi connectivity index (χ1) is 6.66. The van der Waals surface area contributed by atoms with Crippen molar-refractivity contribution in [3.8, 4) is 0 Å². The summed E-state index contributed by atoms with van der Waals surface area (Å²) in [6, 6.07) is 0.685. The first kappa shape index (κ1) is 10.2. The van der Waals surface area contributed by atoms with Gasteiger partial charge in [-0.05, 0) is 42.7 Å². The minimum atomic E-state index is 0.461. The van der Waals surface area contributed by atoms with Crippen molar-refractivity contribution in [3.05, 3.63) is 16.8 Å². The predicted octanol–water partition coefficient (Wildman–Crippen LogP) is 2.63. The van der Waals surface area contributed by atoms with Crippen molar-refractivity contribution in [2.45, 2.75) is 31.7 Å². The zero-order valence-corrected chi connectivity index (χ0v) is 10.1. The largest absolute Gasteiger partial charge is 0.447 e. The highest BCUT2D eigenvalue weighted by molar-refractivity contribution is 9.10. The molecule has 14 heavy (non-hydrogen) atoms. The lowest BCUT2D eigenvalue weighted by Crippen LogP contribution is -2.37. The molecule has 3 nitrogen and oxygen atoms in total. The summed E-state index contributed by atoms with van der Waals surface area (Å²) in [5.74, 6) is 1.33. The number of rotatable bonds is 1. The maximum absolute atomic E-state index is 5.40. The van der Waals surface area contributed by atoms with Gasteiger partial charge in [0.05, 0.1) is 0 Å². The highest BCUT2D eigenvalue weighted by Gasteiger charge is 2.26. The summed E-state index contributed by atoms with van der Waals surface area (Å²) >= 11 is 3.31. The Morgan fingerprint density at radius 1 is 1.57 bits per heavy atom. The van der Waals surface area contributed by atoms with Crippen molar-refractivity contribution in [2.24, 2.45) is 0 Å². The van der Waals surface area contributed by atoms with E-state index in [0.717, 1.165) is 17.0 Å². The van der Waals surface area contributed by atoms with Crippen molar-refractivity contribution in [1.29, 1.82) is 0 Å². The molecule has 1 unspecified atom stereocenters. The zero-order chi connectivity index (χ0) is 10.1. The molecule has 2 heterocycles. The molecule has 2 rings (SSSR count). The average molecular weight is 259 g/mol. The Bertz CT molecular complexity index is 313. The van der Waals surface area contributed by atoms with Crippen LogP contribution in [0, 0.1) is 0 Å². The molecule has 78 valence electrons.